The molecule has 1 unspecified atom stereocenters. The van der Waals surface area contributed by atoms with Gasteiger partial charge in [0.25, 0.3) is 5.24 Å². The Labute approximate surface area is 108 Å². The van der Waals surface area contributed by atoms with Gasteiger partial charge in [-0.1, -0.05) is 31.0 Å². The Morgan fingerprint density at radius 1 is 1.47 bits per heavy atom. The average Bonchev–Trinajstić information content (AvgIpc) is 2.18. The van der Waals surface area contributed by atoms with Crippen molar-refractivity contribution >= 4 is 27.9 Å². The molecule has 0 spiro atoms. The Balaban J connectivity index is 3.36. The van der Waals surface area contributed by atoms with Crippen LogP contribution in [-0.2, 0) is 16.8 Å². The number of rotatable bonds is 4. The maximum Gasteiger partial charge on any atom is 0.252 e. The standard InChI is InChI=1S/C12H15ClO3S/c1-7(2)10-4-8(3)11(12(13)14)5-9(10)6-17(15)16/h4-5,7H,6H2,1-3H3,(H,15,16)/p-1. The molecule has 0 aliphatic carbocycles. The molecule has 0 aliphatic heterocycles. The summed E-state index contributed by atoms with van der Waals surface area (Å²) in [7, 11) is 0. The fourth-order valence-electron chi connectivity index (χ4n) is 1.78. The van der Waals surface area contributed by atoms with E-state index in [9.17, 15) is 13.6 Å². The molecule has 3 nitrogen and oxygen atoms in total. The molecule has 0 bridgehead atoms. The van der Waals surface area contributed by atoms with E-state index in [2.05, 4.69) is 0 Å². The van der Waals surface area contributed by atoms with Crippen LogP contribution in [0.25, 0.3) is 0 Å². The quantitative estimate of drug-likeness (QED) is 0.626. The predicted octanol–water partition coefficient (Wildman–Crippen LogP) is 2.88. The van der Waals surface area contributed by atoms with Crippen LogP contribution in [0.15, 0.2) is 12.1 Å². The van der Waals surface area contributed by atoms with Crippen LogP contribution in [0.1, 0.15) is 46.8 Å². The molecule has 0 heterocycles. The molecule has 0 N–H and O–H groups in total. The Morgan fingerprint density at radius 2 is 2.06 bits per heavy atom. The highest BCUT2D eigenvalue weighted by atomic mass is 35.5. The van der Waals surface area contributed by atoms with Crippen molar-refractivity contribution < 1.29 is 13.6 Å². The lowest BCUT2D eigenvalue weighted by Crippen LogP contribution is -2.05. The van der Waals surface area contributed by atoms with E-state index in [1.165, 1.54) is 0 Å². The third-order valence-corrected chi connectivity index (χ3v) is 3.34. The zero-order chi connectivity index (χ0) is 13.2. The molecule has 1 aromatic rings. The summed E-state index contributed by atoms with van der Waals surface area (Å²) >= 11 is 3.28. The molecule has 5 heteroatoms. The summed E-state index contributed by atoms with van der Waals surface area (Å²) in [5, 5.41) is -0.560. The van der Waals surface area contributed by atoms with Crippen molar-refractivity contribution in [2.24, 2.45) is 0 Å². The van der Waals surface area contributed by atoms with Gasteiger partial charge in [0.2, 0.25) is 0 Å². The van der Waals surface area contributed by atoms with E-state index >= 15 is 0 Å². The van der Waals surface area contributed by atoms with E-state index in [4.69, 9.17) is 11.6 Å². The van der Waals surface area contributed by atoms with Crippen molar-refractivity contribution in [1.29, 1.82) is 0 Å². The summed E-state index contributed by atoms with van der Waals surface area (Å²) < 4.78 is 21.6. The van der Waals surface area contributed by atoms with E-state index in [0.29, 0.717) is 11.1 Å². The summed E-state index contributed by atoms with van der Waals surface area (Å²) in [6, 6.07) is 3.41. The first-order chi connectivity index (χ1) is 7.82. The van der Waals surface area contributed by atoms with Crippen molar-refractivity contribution in [3.63, 3.8) is 0 Å². The van der Waals surface area contributed by atoms with Gasteiger partial charge in [0, 0.05) is 11.3 Å². The van der Waals surface area contributed by atoms with Crippen molar-refractivity contribution in [2.45, 2.75) is 32.4 Å². The van der Waals surface area contributed by atoms with Gasteiger partial charge in [0.05, 0.1) is 0 Å². The maximum atomic E-state index is 11.2. The fourth-order valence-corrected chi connectivity index (χ4v) is 2.48. The number of benzene rings is 1. The Bertz CT molecular complexity index is 469. The van der Waals surface area contributed by atoms with Gasteiger partial charge in [-0.15, -0.1) is 0 Å². The van der Waals surface area contributed by atoms with Crippen molar-refractivity contribution in [2.75, 3.05) is 0 Å². The van der Waals surface area contributed by atoms with Crippen molar-refractivity contribution in [1.82, 2.24) is 0 Å². The summed E-state index contributed by atoms with van der Waals surface area (Å²) in [5.74, 6) is 0.108. The molecule has 0 saturated carbocycles. The number of carbonyl (C=O) groups is 1. The molecular formula is C12H14ClO3S-. The van der Waals surface area contributed by atoms with Crippen LogP contribution >= 0.6 is 11.6 Å². The molecule has 94 valence electrons. The lowest BCUT2D eigenvalue weighted by Gasteiger charge is -2.16. The first-order valence-electron chi connectivity index (χ1n) is 5.22. The highest BCUT2D eigenvalue weighted by molar-refractivity contribution is 7.78. The molecule has 17 heavy (non-hydrogen) atoms. The first kappa shape index (κ1) is 14.4. The third-order valence-electron chi connectivity index (χ3n) is 2.59. The second-order valence-corrected chi connectivity index (χ2v) is 5.48. The summed E-state index contributed by atoms with van der Waals surface area (Å²) in [6.07, 6.45) is 0. The van der Waals surface area contributed by atoms with Gasteiger partial charge >= 0.3 is 0 Å². The Hall–Kier alpha value is -0.710. The molecule has 0 amide bonds. The predicted molar refractivity (Wildman–Crippen MR) is 68.1 cm³/mol. The normalized spacial score (nSPS) is 12.8. The van der Waals surface area contributed by atoms with Gasteiger partial charge in [-0.2, -0.15) is 0 Å². The van der Waals surface area contributed by atoms with Crippen LogP contribution in [-0.4, -0.2) is 14.0 Å². The fraction of sp³-hybridized carbons (Fsp3) is 0.417. The molecule has 0 fully saturated rings. The van der Waals surface area contributed by atoms with Crippen LogP contribution in [0.3, 0.4) is 0 Å². The number of hydrogen-bond donors (Lipinski definition) is 0. The smallest absolute Gasteiger partial charge is 0.252 e. The molecule has 1 aromatic carbocycles. The van der Waals surface area contributed by atoms with Crippen LogP contribution in [0.4, 0.5) is 0 Å². The largest absolute Gasteiger partial charge is 0.772 e. The topological polar surface area (TPSA) is 57.2 Å². The zero-order valence-electron chi connectivity index (χ0n) is 9.95. The molecule has 1 rings (SSSR count). The van der Waals surface area contributed by atoms with E-state index in [-0.39, 0.29) is 11.7 Å². The van der Waals surface area contributed by atoms with Gasteiger partial charge in [-0.05, 0) is 47.2 Å². The molecule has 0 radical (unpaired) electrons. The molecular weight excluding hydrogens is 260 g/mol. The lowest BCUT2D eigenvalue weighted by molar-refractivity contribution is 0.108. The average molecular weight is 274 g/mol. The van der Waals surface area contributed by atoms with Crippen LogP contribution in [0.2, 0.25) is 0 Å². The minimum Gasteiger partial charge on any atom is -0.772 e. The highest BCUT2D eigenvalue weighted by Gasteiger charge is 2.13. The number of aryl methyl sites for hydroxylation is 1. The summed E-state index contributed by atoms with van der Waals surface area (Å²) in [6.45, 7) is 5.75. The lowest BCUT2D eigenvalue weighted by atomic mass is 9.93. The molecule has 0 saturated heterocycles. The highest BCUT2D eigenvalue weighted by Crippen LogP contribution is 2.25. The van der Waals surface area contributed by atoms with Crippen molar-refractivity contribution in [3.8, 4) is 0 Å². The van der Waals surface area contributed by atoms with Gasteiger partial charge < -0.3 is 4.55 Å². The van der Waals surface area contributed by atoms with Gasteiger partial charge in [-0.3, -0.25) is 9.00 Å². The maximum absolute atomic E-state index is 11.2. The molecule has 1 atom stereocenters. The first-order valence-corrected chi connectivity index (χ1v) is 6.84. The van der Waals surface area contributed by atoms with Gasteiger partial charge in [-0.25, -0.2) is 0 Å². The van der Waals surface area contributed by atoms with Gasteiger partial charge in [0.15, 0.2) is 0 Å². The minimum atomic E-state index is -2.18. The third kappa shape index (κ3) is 3.63. The van der Waals surface area contributed by atoms with Crippen LogP contribution in [0.5, 0.6) is 0 Å². The van der Waals surface area contributed by atoms with Crippen LogP contribution < -0.4 is 0 Å². The van der Waals surface area contributed by atoms with E-state index in [0.717, 1.165) is 11.1 Å². The number of halogens is 1. The van der Waals surface area contributed by atoms with Crippen LogP contribution in [0, 0.1) is 6.92 Å². The summed E-state index contributed by atoms with van der Waals surface area (Å²) in [5.41, 5.74) is 2.72. The zero-order valence-corrected chi connectivity index (χ0v) is 11.5. The SMILES string of the molecule is Cc1cc(C(C)C)c(CS(=O)[O-])cc1C(=O)Cl. The second-order valence-electron chi connectivity index (χ2n) is 4.24. The van der Waals surface area contributed by atoms with E-state index in [1.807, 2.05) is 19.9 Å². The van der Waals surface area contributed by atoms with E-state index < -0.39 is 16.3 Å². The van der Waals surface area contributed by atoms with Crippen molar-refractivity contribution in [3.05, 3.63) is 34.4 Å². The summed E-state index contributed by atoms with van der Waals surface area (Å²) in [4.78, 5) is 11.2. The van der Waals surface area contributed by atoms with Gasteiger partial charge in [0.1, 0.15) is 0 Å². The molecule has 0 aliphatic rings. The minimum absolute atomic E-state index is 0.0923. The number of carbonyl (C=O) groups excluding carboxylic acids is 1. The monoisotopic (exact) mass is 273 g/mol. The van der Waals surface area contributed by atoms with E-state index in [1.54, 1.807) is 13.0 Å². The second kappa shape index (κ2) is 5.76. The Kier molecular flexibility index (Phi) is 4.86. The number of hydrogen-bond acceptors (Lipinski definition) is 3. The molecule has 0 aromatic heterocycles. The Morgan fingerprint density at radius 3 is 2.47 bits per heavy atom.